The van der Waals surface area contributed by atoms with Crippen molar-refractivity contribution in [2.75, 3.05) is 0 Å². The van der Waals surface area contributed by atoms with Gasteiger partial charge in [-0.3, -0.25) is 0 Å². The fourth-order valence-electron chi connectivity index (χ4n) is 2.10. The van der Waals surface area contributed by atoms with Crippen molar-refractivity contribution in [2.24, 2.45) is 11.7 Å². The SMILES string of the molecule is NC(=S)C1CCCC1NC(=O)NC1CC1. The van der Waals surface area contributed by atoms with Gasteiger partial charge in [-0.1, -0.05) is 18.6 Å². The van der Waals surface area contributed by atoms with E-state index in [-0.39, 0.29) is 18.0 Å². The minimum absolute atomic E-state index is 0.0642. The summed E-state index contributed by atoms with van der Waals surface area (Å²) in [4.78, 5) is 12.0. The average Bonchev–Trinajstić information content (AvgIpc) is 2.82. The molecular formula is C10H17N3OS. The van der Waals surface area contributed by atoms with Crippen LogP contribution in [0.4, 0.5) is 4.79 Å². The van der Waals surface area contributed by atoms with Crippen LogP contribution in [0.15, 0.2) is 0 Å². The molecular weight excluding hydrogens is 210 g/mol. The Kier molecular flexibility index (Phi) is 3.09. The summed E-state index contributed by atoms with van der Waals surface area (Å²) in [6.07, 6.45) is 5.30. The summed E-state index contributed by atoms with van der Waals surface area (Å²) in [5, 5.41) is 5.87. The zero-order valence-electron chi connectivity index (χ0n) is 8.66. The standard InChI is InChI=1S/C10H17N3OS/c11-9(15)7-2-1-3-8(7)13-10(14)12-6-4-5-6/h6-8H,1-5H2,(H2,11,15)(H2,12,13,14). The highest BCUT2D eigenvalue weighted by Crippen LogP contribution is 2.26. The summed E-state index contributed by atoms with van der Waals surface area (Å²) in [5.41, 5.74) is 5.64. The van der Waals surface area contributed by atoms with Crippen molar-refractivity contribution in [1.82, 2.24) is 10.6 Å². The molecule has 0 aromatic carbocycles. The number of urea groups is 1. The first kappa shape index (κ1) is 10.7. The van der Waals surface area contributed by atoms with Crippen LogP contribution in [-0.2, 0) is 0 Å². The van der Waals surface area contributed by atoms with Crippen LogP contribution in [0.25, 0.3) is 0 Å². The number of thiocarbonyl (C=S) groups is 1. The molecule has 2 unspecified atom stereocenters. The molecule has 5 heteroatoms. The fourth-order valence-corrected chi connectivity index (χ4v) is 2.38. The van der Waals surface area contributed by atoms with E-state index >= 15 is 0 Å². The lowest BCUT2D eigenvalue weighted by Crippen LogP contribution is -2.46. The number of carbonyl (C=O) groups is 1. The van der Waals surface area contributed by atoms with Crippen molar-refractivity contribution >= 4 is 23.2 Å². The number of rotatable bonds is 3. The van der Waals surface area contributed by atoms with E-state index in [0.717, 1.165) is 32.1 Å². The monoisotopic (exact) mass is 227 g/mol. The maximum absolute atomic E-state index is 11.5. The number of hydrogen-bond acceptors (Lipinski definition) is 2. The lowest BCUT2D eigenvalue weighted by molar-refractivity contribution is 0.235. The highest BCUT2D eigenvalue weighted by atomic mass is 32.1. The second-order valence-electron chi connectivity index (χ2n) is 4.44. The lowest BCUT2D eigenvalue weighted by Gasteiger charge is -2.20. The molecule has 2 saturated carbocycles. The maximum Gasteiger partial charge on any atom is 0.315 e. The fraction of sp³-hybridized carbons (Fsp3) is 0.800. The van der Waals surface area contributed by atoms with Crippen molar-refractivity contribution in [3.63, 3.8) is 0 Å². The summed E-state index contributed by atoms with van der Waals surface area (Å²) in [5.74, 6) is 0.185. The van der Waals surface area contributed by atoms with Crippen molar-refractivity contribution in [3.8, 4) is 0 Å². The van der Waals surface area contributed by atoms with E-state index in [4.69, 9.17) is 18.0 Å². The van der Waals surface area contributed by atoms with Gasteiger partial charge >= 0.3 is 6.03 Å². The number of nitrogens with two attached hydrogens (primary N) is 1. The first-order valence-corrected chi connectivity index (χ1v) is 5.94. The first-order valence-electron chi connectivity index (χ1n) is 5.53. The Balaban J connectivity index is 1.81. The van der Waals surface area contributed by atoms with Crippen LogP contribution >= 0.6 is 12.2 Å². The molecule has 0 aromatic heterocycles. The summed E-state index contributed by atoms with van der Waals surface area (Å²) in [6.45, 7) is 0. The molecule has 2 aliphatic rings. The molecule has 2 fully saturated rings. The number of carbonyl (C=O) groups excluding carboxylic acids is 1. The predicted molar refractivity (Wildman–Crippen MR) is 62.6 cm³/mol. The van der Waals surface area contributed by atoms with E-state index in [2.05, 4.69) is 10.6 Å². The quantitative estimate of drug-likeness (QED) is 0.628. The van der Waals surface area contributed by atoms with Crippen LogP contribution in [0.5, 0.6) is 0 Å². The Morgan fingerprint density at radius 2 is 1.93 bits per heavy atom. The third-order valence-electron chi connectivity index (χ3n) is 3.11. The zero-order valence-corrected chi connectivity index (χ0v) is 9.48. The van der Waals surface area contributed by atoms with E-state index in [0.29, 0.717) is 11.0 Å². The van der Waals surface area contributed by atoms with Gasteiger partial charge in [0.2, 0.25) is 0 Å². The molecule has 15 heavy (non-hydrogen) atoms. The van der Waals surface area contributed by atoms with Gasteiger partial charge in [0.15, 0.2) is 0 Å². The molecule has 2 aliphatic carbocycles. The summed E-state index contributed by atoms with van der Waals surface area (Å²) in [7, 11) is 0. The van der Waals surface area contributed by atoms with Crippen LogP contribution in [0, 0.1) is 5.92 Å². The molecule has 84 valence electrons. The third-order valence-corrected chi connectivity index (χ3v) is 3.41. The van der Waals surface area contributed by atoms with Gasteiger partial charge in [-0.05, 0) is 25.7 Å². The van der Waals surface area contributed by atoms with E-state index < -0.39 is 0 Å². The van der Waals surface area contributed by atoms with Crippen molar-refractivity contribution in [3.05, 3.63) is 0 Å². The Morgan fingerprint density at radius 3 is 2.53 bits per heavy atom. The normalized spacial score (nSPS) is 29.9. The average molecular weight is 227 g/mol. The van der Waals surface area contributed by atoms with Gasteiger partial charge < -0.3 is 16.4 Å². The number of nitrogens with one attached hydrogen (secondary N) is 2. The van der Waals surface area contributed by atoms with E-state index in [9.17, 15) is 4.79 Å². The molecule has 0 aliphatic heterocycles. The van der Waals surface area contributed by atoms with Gasteiger partial charge in [0.05, 0.1) is 4.99 Å². The Bertz CT molecular complexity index is 278. The van der Waals surface area contributed by atoms with Crippen LogP contribution in [0.3, 0.4) is 0 Å². The smallest absolute Gasteiger partial charge is 0.315 e. The maximum atomic E-state index is 11.5. The third kappa shape index (κ3) is 2.81. The Hall–Kier alpha value is -0.840. The largest absolute Gasteiger partial charge is 0.393 e. The molecule has 2 rings (SSSR count). The minimum Gasteiger partial charge on any atom is -0.393 e. The lowest BCUT2D eigenvalue weighted by atomic mass is 10.0. The second-order valence-corrected chi connectivity index (χ2v) is 4.91. The summed E-state index contributed by atoms with van der Waals surface area (Å²) >= 11 is 4.99. The van der Waals surface area contributed by atoms with Gasteiger partial charge in [-0.15, -0.1) is 0 Å². The number of hydrogen-bond donors (Lipinski definition) is 3. The van der Waals surface area contributed by atoms with Crippen LogP contribution in [-0.4, -0.2) is 23.1 Å². The molecule has 4 N–H and O–H groups in total. The van der Waals surface area contributed by atoms with Gasteiger partial charge in [0.25, 0.3) is 0 Å². The Labute approximate surface area is 95.0 Å². The van der Waals surface area contributed by atoms with Crippen molar-refractivity contribution in [1.29, 1.82) is 0 Å². The summed E-state index contributed by atoms with van der Waals surface area (Å²) < 4.78 is 0. The Morgan fingerprint density at radius 1 is 1.20 bits per heavy atom. The molecule has 0 aromatic rings. The molecule has 0 radical (unpaired) electrons. The van der Waals surface area contributed by atoms with Crippen LogP contribution in [0.2, 0.25) is 0 Å². The van der Waals surface area contributed by atoms with Gasteiger partial charge in [0, 0.05) is 18.0 Å². The van der Waals surface area contributed by atoms with E-state index in [1.807, 2.05) is 0 Å². The zero-order chi connectivity index (χ0) is 10.8. The van der Waals surface area contributed by atoms with E-state index in [1.165, 1.54) is 0 Å². The van der Waals surface area contributed by atoms with Crippen molar-refractivity contribution in [2.45, 2.75) is 44.2 Å². The van der Waals surface area contributed by atoms with Crippen LogP contribution in [0.1, 0.15) is 32.1 Å². The predicted octanol–water partition coefficient (Wildman–Crippen LogP) is 0.903. The highest BCUT2D eigenvalue weighted by molar-refractivity contribution is 7.80. The van der Waals surface area contributed by atoms with Gasteiger partial charge in [-0.25, -0.2) is 4.79 Å². The summed E-state index contributed by atoms with van der Waals surface area (Å²) in [6, 6.07) is 0.474. The molecule has 0 bridgehead atoms. The first-order chi connectivity index (χ1) is 7.16. The number of amides is 2. The highest BCUT2D eigenvalue weighted by Gasteiger charge is 2.31. The molecule has 0 spiro atoms. The molecule has 2 amide bonds. The second kappa shape index (κ2) is 4.35. The molecule has 4 nitrogen and oxygen atoms in total. The van der Waals surface area contributed by atoms with Gasteiger partial charge in [-0.2, -0.15) is 0 Å². The van der Waals surface area contributed by atoms with Crippen molar-refractivity contribution < 1.29 is 4.79 Å². The van der Waals surface area contributed by atoms with Gasteiger partial charge in [0.1, 0.15) is 0 Å². The topological polar surface area (TPSA) is 67.1 Å². The minimum atomic E-state index is -0.0642. The van der Waals surface area contributed by atoms with E-state index in [1.54, 1.807) is 0 Å². The molecule has 2 atom stereocenters. The van der Waals surface area contributed by atoms with Crippen LogP contribution < -0.4 is 16.4 Å². The molecule has 0 saturated heterocycles. The molecule has 0 heterocycles.